The van der Waals surface area contributed by atoms with Gasteiger partial charge in [0.05, 0.1) is 0 Å². The zero-order valence-corrected chi connectivity index (χ0v) is 11.5. The fourth-order valence-electron chi connectivity index (χ4n) is 2.20. The molecule has 0 aliphatic carbocycles. The maximum absolute atomic E-state index is 11.3. The van der Waals surface area contributed by atoms with Crippen LogP contribution in [0.5, 0.6) is 0 Å². The third-order valence-corrected chi connectivity index (χ3v) is 3.08. The lowest BCUT2D eigenvalue weighted by atomic mass is 10.2. The Hall–Kier alpha value is -1.85. The van der Waals surface area contributed by atoms with Gasteiger partial charge in [0, 0.05) is 39.1 Å². The summed E-state index contributed by atoms with van der Waals surface area (Å²) in [5.41, 5.74) is 1.62. The summed E-state index contributed by atoms with van der Waals surface area (Å²) >= 11 is 0. The van der Waals surface area contributed by atoms with Crippen molar-refractivity contribution in [3.8, 4) is 0 Å². The molecular formula is C14H17NO4. The maximum atomic E-state index is 11.3. The number of rotatable bonds is 4. The predicted molar refractivity (Wildman–Crippen MR) is 70.4 cm³/mol. The second-order valence-corrected chi connectivity index (χ2v) is 4.21. The van der Waals surface area contributed by atoms with E-state index in [1.54, 1.807) is 0 Å². The fraction of sp³-hybridized carbons (Fsp3) is 0.357. The van der Waals surface area contributed by atoms with Gasteiger partial charge in [0.15, 0.2) is 0 Å². The van der Waals surface area contributed by atoms with Gasteiger partial charge in [-0.25, -0.2) is 0 Å². The van der Waals surface area contributed by atoms with Crippen molar-refractivity contribution in [3.63, 3.8) is 0 Å². The number of para-hydroxylation sites is 1. The van der Waals surface area contributed by atoms with Gasteiger partial charge in [0.1, 0.15) is 5.69 Å². The van der Waals surface area contributed by atoms with Crippen molar-refractivity contribution in [2.75, 3.05) is 14.2 Å². The Morgan fingerprint density at radius 1 is 1.21 bits per heavy atom. The molecule has 0 spiro atoms. The van der Waals surface area contributed by atoms with Crippen molar-refractivity contribution in [2.45, 2.75) is 12.9 Å². The summed E-state index contributed by atoms with van der Waals surface area (Å²) in [6.45, 7) is 1.31. The van der Waals surface area contributed by atoms with Crippen LogP contribution in [-0.2, 0) is 32.0 Å². The summed E-state index contributed by atoms with van der Waals surface area (Å²) in [6.07, 6.45) is 0. The van der Waals surface area contributed by atoms with Crippen molar-refractivity contribution >= 4 is 16.9 Å². The topological polar surface area (TPSA) is 49.7 Å². The lowest BCUT2D eigenvalue weighted by molar-refractivity contribution is -0.357. The smallest absolute Gasteiger partial charge is 0.373 e. The molecule has 0 aliphatic rings. The molecule has 1 heterocycles. The van der Waals surface area contributed by atoms with Crippen LogP contribution in [0.1, 0.15) is 12.6 Å². The molecule has 19 heavy (non-hydrogen) atoms. The number of methoxy groups -OCH3 is 2. The van der Waals surface area contributed by atoms with Crippen molar-refractivity contribution in [1.82, 2.24) is 4.57 Å². The predicted octanol–water partition coefficient (Wildman–Crippen LogP) is 2.14. The van der Waals surface area contributed by atoms with Crippen molar-refractivity contribution < 1.29 is 19.0 Å². The number of carbonyl (C=O) groups is 1. The summed E-state index contributed by atoms with van der Waals surface area (Å²) in [6, 6.07) is 9.72. The first-order valence-corrected chi connectivity index (χ1v) is 5.89. The second-order valence-electron chi connectivity index (χ2n) is 4.21. The van der Waals surface area contributed by atoms with Gasteiger partial charge in [-0.05, 0) is 12.1 Å². The molecule has 0 fully saturated rings. The van der Waals surface area contributed by atoms with E-state index in [1.807, 2.05) is 41.9 Å². The molecule has 0 aliphatic heterocycles. The molecule has 0 radical (unpaired) electrons. The van der Waals surface area contributed by atoms with E-state index >= 15 is 0 Å². The number of hydrogen-bond acceptors (Lipinski definition) is 4. The van der Waals surface area contributed by atoms with Gasteiger partial charge in [-0.1, -0.05) is 18.2 Å². The van der Waals surface area contributed by atoms with E-state index in [0.29, 0.717) is 5.69 Å². The molecule has 102 valence electrons. The van der Waals surface area contributed by atoms with Gasteiger partial charge in [-0.2, -0.15) is 0 Å². The molecule has 0 bridgehead atoms. The van der Waals surface area contributed by atoms with Gasteiger partial charge in [-0.3, -0.25) is 4.79 Å². The van der Waals surface area contributed by atoms with Crippen LogP contribution in [0.25, 0.3) is 10.9 Å². The van der Waals surface area contributed by atoms with E-state index < -0.39 is 11.9 Å². The molecule has 0 unspecified atom stereocenters. The molecule has 5 heteroatoms. The number of nitrogens with zero attached hydrogens (tertiary/aromatic N) is 1. The third-order valence-electron chi connectivity index (χ3n) is 3.08. The van der Waals surface area contributed by atoms with Crippen LogP contribution < -0.4 is 0 Å². The Morgan fingerprint density at radius 2 is 1.84 bits per heavy atom. The van der Waals surface area contributed by atoms with Gasteiger partial charge in [0.25, 0.3) is 0 Å². The zero-order chi connectivity index (χ0) is 14.0. The van der Waals surface area contributed by atoms with Crippen LogP contribution in [0, 0.1) is 0 Å². The molecular weight excluding hydrogens is 246 g/mol. The Bertz CT molecular complexity index is 599. The average molecular weight is 263 g/mol. The minimum atomic E-state index is -1.53. The van der Waals surface area contributed by atoms with Crippen molar-refractivity contribution in [2.24, 2.45) is 7.05 Å². The Labute approximate surface area is 111 Å². The summed E-state index contributed by atoms with van der Waals surface area (Å²) in [7, 11) is 4.74. The van der Waals surface area contributed by atoms with E-state index in [1.165, 1.54) is 21.1 Å². The number of hydrogen-bond donors (Lipinski definition) is 0. The van der Waals surface area contributed by atoms with E-state index in [9.17, 15) is 4.79 Å². The summed E-state index contributed by atoms with van der Waals surface area (Å²) < 4.78 is 17.7. The van der Waals surface area contributed by atoms with Gasteiger partial charge in [-0.15, -0.1) is 0 Å². The third kappa shape index (κ3) is 2.22. The van der Waals surface area contributed by atoms with Crippen LogP contribution in [0.15, 0.2) is 30.3 Å². The molecule has 0 amide bonds. The number of benzene rings is 1. The molecule has 0 atom stereocenters. The first-order valence-electron chi connectivity index (χ1n) is 5.89. The van der Waals surface area contributed by atoms with E-state index in [-0.39, 0.29) is 0 Å². The van der Waals surface area contributed by atoms with Crippen molar-refractivity contribution in [3.05, 3.63) is 36.0 Å². The first-order chi connectivity index (χ1) is 9.04. The van der Waals surface area contributed by atoms with Gasteiger partial charge >= 0.3 is 11.9 Å². The SMILES string of the molecule is COC(OC)(OC(C)=O)c1cc2ccccc2n1C. The number of esters is 1. The van der Waals surface area contributed by atoms with Gasteiger partial charge in [0.2, 0.25) is 0 Å². The summed E-state index contributed by atoms with van der Waals surface area (Å²) in [4.78, 5) is 11.3. The molecule has 2 aromatic rings. The minimum absolute atomic E-state index is 0.478. The fourth-order valence-corrected chi connectivity index (χ4v) is 2.20. The van der Waals surface area contributed by atoms with E-state index in [4.69, 9.17) is 14.2 Å². The van der Waals surface area contributed by atoms with Crippen LogP contribution in [0.3, 0.4) is 0 Å². The average Bonchev–Trinajstić information content (AvgIpc) is 2.74. The van der Waals surface area contributed by atoms with Crippen LogP contribution in [0.2, 0.25) is 0 Å². The molecule has 0 saturated heterocycles. The van der Waals surface area contributed by atoms with Crippen molar-refractivity contribution in [1.29, 1.82) is 0 Å². The first kappa shape index (κ1) is 13.6. The normalized spacial score (nSPS) is 11.8. The molecule has 1 aromatic heterocycles. The van der Waals surface area contributed by atoms with Crippen LogP contribution in [0.4, 0.5) is 0 Å². The van der Waals surface area contributed by atoms with Crippen LogP contribution >= 0.6 is 0 Å². The number of fused-ring (bicyclic) bond motifs is 1. The number of aromatic nitrogens is 1. The Balaban J connectivity index is 2.62. The quantitative estimate of drug-likeness (QED) is 0.626. The van der Waals surface area contributed by atoms with E-state index in [0.717, 1.165) is 10.9 Å². The highest BCUT2D eigenvalue weighted by molar-refractivity contribution is 5.81. The Kier molecular flexibility index (Phi) is 3.59. The maximum Gasteiger partial charge on any atom is 0.373 e. The molecule has 5 nitrogen and oxygen atoms in total. The molecule has 0 N–H and O–H groups in total. The largest absolute Gasteiger partial charge is 0.403 e. The highest BCUT2D eigenvalue weighted by atomic mass is 16.9. The Morgan fingerprint density at radius 3 is 2.37 bits per heavy atom. The van der Waals surface area contributed by atoms with E-state index in [2.05, 4.69) is 0 Å². The minimum Gasteiger partial charge on any atom is -0.403 e. The number of aryl methyl sites for hydroxylation is 1. The van der Waals surface area contributed by atoms with Gasteiger partial charge < -0.3 is 18.8 Å². The lowest BCUT2D eigenvalue weighted by Gasteiger charge is -2.29. The summed E-state index contributed by atoms with van der Waals surface area (Å²) in [5, 5.41) is 1.02. The molecule has 2 rings (SSSR count). The summed E-state index contributed by atoms with van der Waals surface area (Å²) in [5.74, 6) is -2.01. The molecule has 0 saturated carbocycles. The molecule has 1 aromatic carbocycles. The zero-order valence-electron chi connectivity index (χ0n) is 11.5. The number of carbonyl (C=O) groups excluding carboxylic acids is 1. The second kappa shape index (κ2) is 5.03. The monoisotopic (exact) mass is 263 g/mol. The van der Waals surface area contributed by atoms with Crippen LogP contribution in [-0.4, -0.2) is 24.8 Å². The highest BCUT2D eigenvalue weighted by Gasteiger charge is 2.39. The highest BCUT2D eigenvalue weighted by Crippen LogP contribution is 2.32. The standard InChI is InChI=1S/C14H17NO4/c1-10(16)19-14(17-3,18-4)13-9-11-7-5-6-8-12(11)15(13)2/h5-9H,1-4H3. The lowest BCUT2D eigenvalue weighted by Crippen LogP contribution is -2.37. The number of ether oxygens (including phenoxy) is 3.